The molecule has 0 saturated carbocycles. The fourth-order valence-corrected chi connectivity index (χ4v) is 3.75. The maximum atomic E-state index is 12.9. The molecule has 31 heavy (non-hydrogen) atoms. The van der Waals surface area contributed by atoms with Crippen molar-refractivity contribution in [2.45, 2.75) is 6.42 Å². The highest BCUT2D eigenvalue weighted by Gasteiger charge is 2.15. The van der Waals surface area contributed by atoms with Gasteiger partial charge < -0.3 is 9.64 Å². The summed E-state index contributed by atoms with van der Waals surface area (Å²) < 4.78 is 7.07. The van der Waals surface area contributed by atoms with Gasteiger partial charge in [0.1, 0.15) is 11.5 Å². The van der Waals surface area contributed by atoms with E-state index in [1.165, 1.54) is 0 Å². The van der Waals surface area contributed by atoms with E-state index in [9.17, 15) is 4.79 Å². The number of carbonyl (C=O) groups excluding carboxylic acids is 1. The second-order valence-electron chi connectivity index (χ2n) is 7.62. The minimum atomic E-state index is 0.0221. The van der Waals surface area contributed by atoms with Crippen LogP contribution < -0.4 is 4.90 Å². The van der Waals surface area contributed by atoms with Crippen molar-refractivity contribution in [2.75, 3.05) is 31.2 Å². The summed E-state index contributed by atoms with van der Waals surface area (Å²) in [5.41, 5.74) is 3.17. The van der Waals surface area contributed by atoms with Gasteiger partial charge in [-0.25, -0.2) is 4.98 Å². The lowest BCUT2D eigenvalue weighted by molar-refractivity contribution is 0.0992. The van der Waals surface area contributed by atoms with E-state index >= 15 is 0 Å². The first-order valence-electron chi connectivity index (χ1n) is 10.2. The van der Waals surface area contributed by atoms with Crippen molar-refractivity contribution in [3.8, 4) is 11.3 Å². The Morgan fingerprint density at radius 1 is 1.06 bits per heavy atom. The summed E-state index contributed by atoms with van der Waals surface area (Å²) in [6.45, 7) is 2.92. The first-order chi connectivity index (χ1) is 15.2. The van der Waals surface area contributed by atoms with E-state index in [2.05, 4.69) is 31.2 Å². The number of carbonyl (C=O) groups is 1. The molecule has 5 rings (SSSR count). The SMILES string of the molecule is Cn1cc(-c2ccc3cnc(CC(=O)c4ccnc(N5CCOCC5)c4)cc3c2)nn1. The number of aromatic nitrogens is 5. The number of hydrogen-bond donors (Lipinski definition) is 0. The van der Waals surface area contributed by atoms with Gasteiger partial charge in [0.05, 0.1) is 25.8 Å². The third-order valence-electron chi connectivity index (χ3n) is 5.42. The van der Waals surface area contributed by atoms with Crippen molar-refractivity contribution in [1.29, 1.82) is 0 Å². The maximum Gasteiger partial charge on any atom is 0.169 e. The lowest BCUT2D eigenvalue weighted by Gasteiger charge is -2.27. The van der Waals surface area contributed by atoms with Crippen LogP contribution in [0.2, 0.25) is 0 Å². The Labute approximate surface area is 179 Å². The van der Waals surface area contributed by atoms with Crippen molar-refractivity contribution in [3.63, 3.8) is 0 Å². The van der Waals surface area contributed by atoms with E-state index in [1.54, 1.807) is 16.9 Å². The predicted octanol–water partition coefficient (Wildman–Crippen LogP) is 2.69. The normalized spacial score (nSPS) is 14.2. The van der Waals surface area contributed by atoms with E-state index in [-0.39, 0.29) is 12.2 Å². The second-order valence-corrected chi connectivity index (χ2v) is 7.62. The summed E-state index contributed by atoms with van der Waals surface area (Å²) in [5, 5.41) is 10.2. The van der Waals surface area contributed by atoms with Crippen LogP contribution in [-0.2, 0) is 18.2 Å². The summed E-state index contributed by atoms with van der Waals surface area (Å²) in [6.07, 6.45) is 5.61. The fourth-order valence-electron chi connectivity index (χ4n) is 3.75. The van der Waals surface area contributed by atoms with E-state index in [4.69, 9.17) is 4.74 Å². The quantitative estimate of drug-likeness (QED) is 0.464. The zero-order valence-electron chi connectivity index (χ0n) is 17.2. The predicted molar refractivity (Wildman–Crippen MR) is 117 cm³/mol. The summed E-state index contributed by atoms with van der Waals surface area (Å²) in [6, 6.07) is 11.7. The molecule has 4 heterocycles. The first kappa shape index (κ1) is 19.3. The Balaban J connectivity index is 1.37. The number of ketones is 1. The van der Waals surface area contributed by atoms with Crippen LogP contribution in [0.5, 0.6) is 0 Å². The van der Waals surface area contributed by atoms with Crippen LogP contribution in [0.4, 0.5) is 5.82 Å². The number of pyridine rings is 2. The maximum absolute atomic E-state index is 12.9. The van der Waals surface area contributed by atoms with Gasteiger partial charge in [0.25, 0.3) is 0 Å². The molecule has 0 unspecified atom stereocenters. The number of Topliss-reactive ketones (excluding diaryl/α,β-unsaturated/α-hetero) is 1. The minimum absolute atomic E-state index is 0.0221. The largest absolute Gasteiger partial charge is 0.378 e. The number of nitrogens with zero attached hydrogens (tertiary/aromatic N) is 6. The summed E-state index contributed by atoms with van der Waals surface area (Å²) in [7, 11) is 1.84. The Kier molecular flexibility index (Phi) is 5.13. The molecule has 1 aliphatic rings. The fraction of sp³-hybridized carbons (Fsp3) is 0.261. The van der Waals surface area contributed by atoms with Crippen molar-refractivity contribution in [1.82, 2.24) is 25.0 Å². The molecule has 0 bridgehead atoms. The first-order valence-corrected chi connectivity index (χ1v) is 10.2. The van der Waals surface area contributed by atoms with Gasteiger partial charge in [-0.15, -0.1) is 5.10 Å². The number of benzene rings is 1. The minimum Gasteiger partial charge on any atom is -0.378 e. The van der Waals surface area contributed by atoms with Crippen molar-refractivity contribution in [2.24, 2.45) is 7.05 Å². The zero-order valence-corrected chi connectivity index (χ0v) is 17.2. The number of fused-ring (bicyclic) bond motifs is 1. The number of ether oxygens (including phenoxy) is 1. The molecule has 0 N–H and O–H groups in total. The number of rotatable bonds is 5. The van der Waals surface area contributed by atoms with Gasteiger partial charge in [0, 0.05) is 54.7 Å². The van der Waals surface area contributed by atoms with Crippen LogP contribution in [0.15, 0.2) is 55.0 Å². The summed E-state index contributed by atoms with van der Waals surface area (Å²) >= 11 is 0. The highest BCUT2D eigenvalue weighted by Crippen LogP contribution is 2.23. The molecule has 8 nitrogen and oxygen atoms in total. The third kappa shape index (κ3) is 4.15. The Morgan fingerprint density at radius 3 is 2.74 bits per heavy atom. The van der Waals surface area contributed by atoms with Crippen molar-refractivity contribution >= 4 is 22.4 Å². The molecule has 8 heteroatoms. The van der Waals surface area contributed by atoms with Gasteiger partial charge >= 0.3 is 0 Å². The van der Waals surface area contributed by atoms with Gasteiger partial charge in [-0.1, -0.05) is 17.3 Å². The molecule has 1 fully saturated rings. The van der Waals surface area contributed by atoms with E-state index in [0.717, 1.165) is 46.6 Å². The smallest absolute Gasteiger partial charge is 0.169 e. The molecule has 1 saturated heterocycles. The lowest BCUT2D eigenvalue weighted by atomic mass is 10.0. The highest BCUT2D eigenvalue weighted by molar-refractivity contribution is 5.98. The molecule has 3 aromatic heterocycles. The standard InChI is InChI=1S/C23H22N6O2/c1-28-15-21(26-27-28)16-2-3-18-14-25-20(11-19(18)10-16)13-22(30)17-4-5-24-23(12-17)29-6-8-31-9-7-29/h2-5,10-12,14-15H,6-9,13H2,1H3. The molecule has 1 aromatic carbocycles. The average molecular weight is 414 g/mol. The molecule has 0 atom stereocenters. The van der Waals surface area contributed by atoms with E-state index in [1.807, 2.05) is 43.7 Å². The number of morpholine rings is 1. The number of anilines is 1. The molecular weight excluding hydrogens is 392 g/mol. The molecule has 0 radical (unpaired) electrons. The Hall–Kier alpha value is -3.65. The molecular formula is C23H22N6O2. The summed E-state index contributed by atoms with van der Waals surface area (Å²) in [5.74, 6) is 0.836. The van der Waals surface area contributed by atoms with Gasteiger partial charge in [-0.2, -0.15) is 0 Å². The Bertz CT molecular complexity index is 1250. The van der Waals surface area contributed by atoms with Crippen molar-refractivity contribution in [3.05, 3.63) is 66.2 Å². The van der Waals surface area contributed by atoms with Gasteiger partial charge in [-0.3, -0.25) is 14.5 Å². The highest BCUT2D eigenvalue weighted by atomic mass is 16.5. The molecule has 4 aromatic rings. The van der Waals surface area contributed by atoms with Crippen LogP contribution in [0.3, 0.4) is 0 Å². The van der Waals surface area contributed by atoms with Crippen LogP contribution in [0.1, 0.15) is 16.1 Å². The van der Waals surface area contributed by atoms with Crippen molar-refractivity contribution < 1.29 is 9.53 Å². The monoisotopic (exact) mass is 414 g/mol. The van der Waals surface area contributed by atoms with Gasteiger partial charge in [-0.05, 0) is 29.7 Å². The molecule has 0 amide bonds. The second kappa shape index (κ2) is 8.23. The van der Waals surface area contributed by atoms with Crippen LogP contribution in [0.25, 0.3) is 22.0 Å². The summed E-state index contributed by atoms with van der Waals surface area (Å²) in [4.78, 5) is 24.0. The molecule has 0 spiro atoms. The zero-order chi connectivity index (χ0) is 21.2. The van der Waals surface area contributed by atoms with Crippen LogP contribution >= 0.6 is 0 Å². The van der Waals surface area contributed by atoms with Crippen LogP contribution in [-0.4, -0.2) is 57.0 Å². The average Bonchev–Trinajstić information content (AvgIpc) is 3.25. The topological polar surface area (TPSA) is 86.0 Å². The molecule has 0 aliphatic carbocycles. The van der Waals surface area contributed by atoms with Crippen LogP contribution in [0, 0.1) is 0 Å². The number of hydrogen-bond acceptors (Lipinski definition) is 7. The van der Waals surface area contributed by atoms with Gasteiger partial charge in [0.2, 0.25) is 0 Å². The lowest BCUT2D eigenvalue weighted by Crippen LogP contribution is -2.36. The Morgan fingerprint density at radius 2 is 1.94 bits per heavy atom. The van der Waals surface area contributed by atoms with Gasteiger partial charge in [0.15, 0.2) is 5.78 Å². The molecule has 156 valence electrons. The van der Waals surface area contributed by atoms with E-state index in [0.29, 0.717) is 18.8 Å². The number of aryl methyl sites for hydroxylation is 1. The van der Waals surface area contributed by atoms with E-state index < -0.39 is 0 Å². The third-order valence-corrected chi connectivity index (χ3v) is 5.42. The molecule has 1 aliphatic heterocycles.